The Morgan fingerprint density at radius 3 is 2.93 bits per heavy atom. The van der Waals surface area contributed by atoms with E-state index in [0.717, 1.165) is 23.7 Å². The molecule has 3 saturated heterocycles. The van der Waals surface area contributed by atoms with Crippen molar-refractivity contribution in [2.75, 3.05) is 25.9 Å². The van der Waals surface area contributed by atoms with Crippen LogP contribution in [0.5, 0.6) is 0 Å². The molecule has 3 aliphatic heterocycles. The van der Waals surface area contributed by atoms with E-state index in [1.54, 1.807) is 4.90 Å². The number of H-pyrrole nitrogens is 1. The number of ether oxygens (including phenoxy) is 1. The zero-order valence-electron chi connectivity index (χ0n) is 14.9. The predicted molar refractivity (Wildman–Crippen MR) is 94.6 cm³/mol. The van der Waals surface area contributed by atoms with Crippen LogP contribution < -0.4 is 16.0 Å². The minimum Gasteiger partial charge on any atom is -0.369 e. The van der Waals surface area contributed by atoms with Gasteiger partial charge in [0.25, 0.3) is 5.56 Å². The minimum absolute atomic E-state index is 0.0170. The molecule has 2 N–H and O–H groups in total. The number of aromatic nitrogens is 2. The Labute approximate surface area is 155 Å². The molecule has 11 heteroatoms. The zero-order valence-corrected chi connectivity index (χ0v) is 15.7. The minimum atomic E-state index is -3.29. The Morgan fingerprint density at radius 1 is 1.44 bits per heavy atom. The van der Waals surface area contributed by atoms with Crippen LogP contribution in [0.4, 0.5) is 0 Å². The number of sulfonamides is 1. The second-order valence-electron chi connectivity index (χ2n) is 7.66. The van der Waals surface area contributed by atoms with Gasteiger partial charge in [0.05, 0.1) is 24.5 Å². The molecular formula is C16H22N4O6S. The topological polar surface area (TPSA) is 131 Å². The Kier molecular flexibility index (Phi) is 4.28. The highest BCUT2D eigenvalue weighted by atomic mass is 32.2. The summed E-state index contributed by atoms with van der Waals surface area (Å²) in [6.45, 7) is 1.06. The van der Waals surface area contributed by atoms with Gasteiger partial charge >= 0.3 is 5.69 Å². The molecule has 0 aliphatic carbocycles. The van der Waals surface area contributed by atoms with Crippen LogP contribution in [0.2, 0.25) is 0 Å². The zero-order chi connectivity index (χ0) is 19.4. The van der Waals surface area contributed by atoms with Crippen LogP contribution >= 0.6 is 0 Å². The summed E-state index contributed by atoms with van der Waals surface area (Å²) in [4.78, 5) is 39.4. The van der Waals surface area contributed by atoms with Crippen molar-refractivity contribution in [1.29, 1.82) is 0 Å². The second-order valence-corrected chi connectivity index (χ2v) is 9.50. The number of nitrogens with one attached hydrogen (secondary N) is 2. The van der Waals surface area contributed by atoms with Crippen LogP contribution in [0, 0.1) is 11.8 Å². The molecule has 3 aliphatic rings. The Bertz CT molecular complexity index is 985. The van der Waals surface area contributed by atoms with Gasteiger partial charge in [0.2, 0.25) is 15.9 Å². The normalized spacial score (nSPS) is 32.0. The molecule has 4 heterocycles. The van der Waals surface area contributed by atoms with Gasteiger partial charge in [-0.2, -0.15) is 0 Å². The lowest BCUT2D eigenvalue weighted by atomic mass is 9.74. The summed E-state index contributed by atoms with van der Waals surface area (Å²) >= 11 is 0. The molecule has 27 heavy (non-hydrogen) atoms. The highest BCUT2D eigenvalue weighted by molar-refractivity contribution is 7.88. The van der Waals surface area contributed by atoms with Gasteiger partial charge in [-0.15, -0.1) is 0 Å². The van der Waals surface area contributed by atoms with Crippen molar-refractivity contribution in [3.05, 3.63) is 33.1 Å². The quantitative estimate of drug-likeness (QED) is 0.595. The fourth-order valence-electron chi connectivity index (χ4n) is 4.72. The number of amides is 1. The van der Waals surface area contributed by atoms with E-state index >= 15 is 0 Å². The van der Waals surface area contributed by atoms with Crippen LogP contribution in [-0.2, 0) is 26.1 Å². The third-order valence-corrected chi connectivity index (χ3v) is 6.61. The fourth-order valence-corrected chi connectivity index (χ4v) is 5.21. The molecule has 1 amide bonds. The van der Waals surface area contributed by atoms with E-state index in [0.29, 0.717) is 19.6 Å². The maximum Gasteiger partial charge on any atom is 0.328 e. The highest BCUT2D eigenvalue weighted by Gasteiger charge is 2.63. The number of carbonyl (C=O) groups excluding carboxylic acids is 1. The molecule has 1 aromatic rings. The largest absolute Gasteiger partial charge is 0.369 e. The van der Waals surface area contributed by atoms with Crippen molar-refractivity contribution >= 4 is 15.9 Å². The first-order chi connectivity index (χ1) is 12.7. The summed E-state index contributed by atoms with van der Waals surface area (Å²) < 4.78 is 32.8. The van der Waals surface area contributed by atoms with E-state index in [-0.39, 0.29) is 30.4 Å². The van der Waals surface area contributed by atoms with E-state index in [1.807, 2.05) is 0 Å². The summed E-state index contributed by atoms with van der Waals surface area (Å²) in [5, 5.41) is 0. The molecule has 1 aromatic heterocycles. The van der Waals surface area contributed by atoms with E-state index < -0.39 is 26.9 Å². The average molecular weight is 398 g/mol. The standard InChI is InChI=1S/C16H22N4O6S/c1-27(24,25)17-6-10-11-7-20(9-16(11)4-2-12(10)26-16)14(22)8-19-5-3-13(21)18-15(19)23/h3,5,10-12,17H,2,4,6-9H2,1H3,(H,18,21,23)/t10-,11+,12+,16+/m0/s1. The summed E-state index contributed by atoms with van der Waals surface area (Å²) in [5.74, 6) is -0.126. The van der Waals surface area contributed by atoms with Gasteiger partial charge in [0, 0.05) is 37.2 Å². The molecule has 0 radical (unpaired) electrons. The Balaban J connectivity index is 1.47. The number of rotatable bonds is 5. The fraction of sp³-hybridized carbons (Fsp3) is 0.688. The van der Waals surface area contributed by atoms with Crippen molar-refractivity contribution in [3.63, 3.8) is 0 Å². The third kappa shape index (κ3) is 3.34. The maximum atomic E-state index is 12.7. The molecule has 4 atom stereocenters. The van der Waals surface area contributed by atoms with Gasteiger partial charge in [-0.1, -0.05) is 0 Å². The number of fused-ring (bicyclic) bond motifs is 1. The molecule has 148 valence electrons. The molecule has 10 nitrogen and oxygen atoms in total. The van der Waals surface area contributed by atoms with Gasteiger partial charge in [-0.25, -0.2) is 17.9 Å². The summed E-state index contributed by atoms with van der Waals surface area (Å²) in [6, 6.07) is 1.20. The molecule has 0 unspecified atom stereocenters. The number of aromatic amines is 1. The SMILES string of the molecule is CS(=O)(=O)NC[C@H]1[C@H]2CN(C(=O)Cn3ccc(=O)[nH]c3=O)C[C@]23CC[C@H]1O3. The van der Waals surface area contributed by atoms with Gasteiger partial charge < -0.3 is 9.64 Å². The molecule has 3 fully saturated rings. The van der Waals surface area contributed by atoms with Crippen molar-refractivity contribution in [2.24, 2.45) is 11.8 Å². The van der Waals surface area contributed by atoms with Crippen LogP contribution in [0.3, 0.4) is 0 Å². The molecule has 1 spiro atoms. The lowest BCUT2D eigenvalue weighted by Crippen LogP contribution is -2.41. The van der Waals surface area contributed by atoms with Gasteiger partial charge in [-0.05, 0) is 12.8 Å². The van der Waals surface area contributed by atoms with Crippen molar-refractivity contribution < 1.29 is 17.9 Å². The molecular weight excluding hydrogens is 376 g/mol. The predicted octanol–water partition coefficient (Wildman–Crippen LogP) is -1.91. The molecule has 0 aromatic carbocycles. The second kappa shape index (κ2) is 6.28. The van der Waals surface area contributed by atoms with Crippen LogP contribution in [-0.4, -0.2) is 66.4 Å². The monoisotopic (exact) mass is 398 g/mol. The van der Waals surface area contributed by atoms with Crippen molar-refractivity contribution in [2.45, 2.75) is 31.1 Å². The average Bonchev–Trinajstić information content (AvgIpc) is 3.22. The van der Waals surface area contributed by atoms with Gasteiger partial charge in [-0.3, -0.25) is 19.1 Å². The summed E-state index contributed by atoms with van der Waals surface area (Å²) in [5.41, 5.74) is -1.55. The number of likely N-dealkylation sites (tertiary alicyclic amines) is 1. The lowest BCUT2D eigenvalue weighted by molar-refractivity contribution is -0.132. The molecule has 4 rings (SSSR count). The van der Waals surface area contributed by atoms with Gasteiger partial charge in [0.1, 0.15) is 6.54 Å². The first kappa shape index (κ1) is 18.4. The van der Waals surface area contributed by atoms with E-state index in [1.165, 1.54) is 12.3 Å². The van der Waals surface area contributed by atoms with Crippen molar-refractivity contribution in [3.8, 4) is 0 Å². The van der Waals surface area contributed by atoms with E-state index in [2.05, 4.69) is 9.71 Å². The summed E-state index contributed by atoms with van der Waals surface area (Å²) in [7, 11) is -3.29. The number of nitrogens with zero attached hydrogens (tertiary/aromatic N) is 2. The number of hydrogen-bond acceptors (Lipinski definition) is 6. The van der Waals surface area contributed by atoms with E-state index in [4.69, 9.17) is 4.74 Å². The summed E-state index contributed by atoms with van der Waals surface area (Å²) in [6.07, 6.45) is 4.15. The highest BCUT2D eigenvalue weighted by Crippen LogP contribution is 2.54. The molecule has 2 bridgehead atoms. The Hall–Kier alpha value is -1.98. The van der Waals surface area contributed by atoms with E-state index in [9.17, 15) is 22.8 Å². The van der Waals surface area contributed by atoms with Crippen LogP contribution in [0.15, 0.2) is 21.9 Å². The first-order valence-electron chi connectivity index (χ1n) is 8.87. The number of hydrogen-bond donors (Lipinski definition) is 2. The Morgan fingerprint density at radius 2 is 2.22 bits per heavy atom. The van der Waals surface area contributed by atoms with Gasteiger partial charge in [0.15, 0.2) is 0 Å². The molecule has 0 saturated carbocycles. The van der Waals surface area contributed by atoms with Crippen LogP contribution in [0.1, 0.15) is 12.8 Å². The number of carbonyl (C=O) groups is 1. The maximum absolute atomic E-state index is 12.7. The van der Waals surface area contributed by atoms with Crippen LogP contribution in [0.25, 0.3) is 0 Å². The first-order valence-corrected chi connectivity index (χ1v) is 10.8. The third-order valence-electron chi connectivity index (χ3n) is 5.92. The smallest absolute Gasteiger partial charge is 0.328 e. The lowest BCUT2D eigenvalue weighted by Gasteiger charge is -2.29. The van der Waals surface area contributed by atoms with Crippen molar-refractivity contribution in [1.82, 2.24) is 19.2 Å².